The number of rotatable bonds is 8. The van der Waals surface area contributed by atoms with E-state index in [0.717, 1.165) is 0 Å². The summed E-state index contributed by atoms with van der Waals surface area (Å²) in [4.78, 5) is 28.9. The van der Waals surface area contributed by atoms with E-state index < -0.39 is 11.4 Å². The van der Waals surface area contributed by atoms with Crippen molar-refractivity contribution in [2.75, 3.05) is 42.7 Å². The van der Waals surface area contributed by atoms with Crippen molar-refractivity contribution in [1.29, 1.82) is 0 Å². The quantitative estimate of drug-likeness (QED) is 0.281. The molecule has 1 amide bonds. The fourth-order valence-electron chi connectivity index (χ4n) is 6.13. The van der Waals surface area contributed by atoms with Crippen LogP contribution in [0.5, 0.6) is 40.2 Å². The molecule has 0 atom stereocenters. The summed E-state index contributed by atoms with van der Waals surface area (Å²) in [5.74, 6) is 1.15. The highest BCUT2D eigenvalue weighted by Gasteiger charge is 2.58. The van der Waals surface area contributed by atoms with Crippen molar-refractivity contribution >= 4 is 17.9 Å². The summed E-state index contributed by atoms with van der Waals surface area (Å²) in [6, 6.07) is 16.4. The lowest BCUT2D eigenvalue weighted by Crippen LogP contribution is -2.47. The number of para-hydroxylation sites is 1. The van der Waals surface area contributed by atoms with E-state index in [1.807, 2.05) is 0 Å². The molecular formula is C34H30N2O9. The van der Waals surface area contributed by atoms with Crippen LogP contribution >= 0.6 is 0 Å². The Balaban J connectivity index is 1.81. The van der Waals surface area contributed by atoms with Crippen molar-refractivity contribution < 1.29 is 43.1 Å². The Kier molecular flexibility index (Phi) is 7.24. The molecule has 11 heteroatoms. The third kappa shape index (κ3) is 4.15. The number of fused-ring (bicyclic) bond motifs is 6. The van der Waals surface area contributed by atoms with Crippen LogP contribution in [0.4, 0.5) is 0 Å². The Labute approximate surface area is 259 Å². The largest absolute Gasteiger partial charge is 0.507 e. The summed E-state index contributed by atoms with van der Waals surface area (Å²) in [5.41, 5.74) is 0.851. The molecule has 11 nitrogen and oxygen atoms in total. The van der Waals surface area contributed by atoms with Gasteiger partial charge >= 0.3 is 0 Å². The normalized spacial score (nSPS) is 14.2. The van der Waals surface area contributed by atoms with E-state index >= 15 is 0 Å². The van der Waals surface area contributed by atoms with Gasteiger partial charge in [0.1, 0.15) is 11.3 Å². The van der Waals surface area contributed by atoms with E-state index in [4.69, 9.17) is 33.5 Å². The summed E-state index contributed by atoms with van der Waals surface area (Å²) in [6.07, 6.45) is 1.40. The van der Waals surface area contributed by atoms with Gasteiger partial charge in [-0.25, -0.2) is 5.01 Å². The molecule has 1 spiro atoms. The number of carbonyl (C=O) groups is 2. The van der Waals surface area contributed by atoms with Crippen LogP contribution in [0.2, 0.25) is 0 Å². The second-order valence-electron chi connectivity index (χ2n) is 10.2. The molecular weight excluding hydrogens is 580 g/mol. The van der Waals surface area contributed by atoms with Crippen LogP contribution in [0.15, 0.2) is 65.8 Å². The average Bonchev–Trinajstić information content (AvgIpc) is 3.31. The molecule has 1 heterocycles. The van der Waals surface area contributed by atoms with Crippen LogP contribution in [0.3, 0.4) is 0 Å². The SMILES string of the molecule is COc1cc2c(cc1OC)C1(c3cc(OC)c(OC)cc3C2=O)c2cc(OC)c(OC)cc2C(=O)N1/N=C/c1ccccc1O. The van der Waals surface area contributed by atoms with Crippen molar-refractivity contribution in [3.8, 4) is 40.2 Å². The topological polar surface area (TPSA) is 125 Å². The van der Waals surface area contributed by atoms with Crippen LogP contribution in [-0.4, -0.2) is 70.7 Å². The van der Waals surface area contributed by atoms with Gasteiger partial charge in [-0.1, -0.05) is 12.1 Å². The van der Waals surface area contributed by atoms with E-state index in [1.54, 1.807) is 54.6 Å². The van der Waals surface area contributed by atoms with Gasteiger partial charge in [-0.15, -0.1) is 0 Å². The zero-order valence-electron chi connectivity index (χ0n) is 25.5. The predicted octanol–water partition coefficient (Wildman–Crippen LogP) is 4.77. The molecule has 6 rings (SSSR count). The smallest absolute Gasteiger partial charge is 0.276 e. The van der Waals surface area contributed by atoms with E-state index in [0.29, 0.717) is 56.8 Å². The number of hydrazone groups is 1. The van der Waals surface area contributed by atoms with Gasteiger partial charge in [0, 0.05) is 33.4 Å². The van der Waals surface area contributed by atoms with Gasteiger partial charge in [0.15, 0.2) is 40.3 Å². The first kappa shape index (κ1) is 29.4. The number of benzene rings is 4. The van der Waals surface area contributed by atoms with Gasteiger partial charge in [0.2, 0.25) is 0 Å². The molecule has 4 aromatic rings. The molecule has 0 bridgehead atoms. The zero-order chi connectivity index (χ0) is 32.0. The second-order valence-corrected chi connectivity index (χ2v) is 10.2. The van der Waals surface area contributed by atoms with Crippen molar-refractivity contribution in [3.05, 3.63) is 99.6 Å². The van der Waals surface area contributed by atoms with E-state index in [-0.39, 0.29) is 28.2 Å². The number of hydrogen-bond acceptors (Lipinski definition) is 10. The number of amides is 1. The molecule has 0 fully saturated rings. The van der Waals surface area contributed by atoms with Crippen LogP contribution < -0.4 is 28.4 Å². The lowest BCUT2D eigenvalue weighted by atomic mass is 9.68. The predicted molar refractivity (Wildman–Crippen MR) is 164 cm³/mol. The maximum absolute atomic E-state index is 14.6. The van der Waals surface area contributed by atoms with Gasteiger partial charge in [-0.3, -0.25) is 9.59 Å². The second kappa shape index (κ2) is 11.1. The number of hydrogen-bond donors (Lipinski definition) is 1. The molecule has 4 aromatic carbocycles. The fourth-order valence-corrected chi connectivity index (χ4v) is 6.13. The summed E-state index contributed by atoms with van der Waals surface area (Å²) in [5, 5.41) is 16.5. The highest BCUT2D eigenvalue weighted by Crippen LogP contribution is 2.58. The van der Waals surface area contributed by atoms with Crippen LogP contribution in [0.25, 0.3) is 0 Å². The number of carbonyl (C=O) groups excluding carboxylic acids is 2. The van der Waals surface area contributed by atoms with Crippen LogP contribution in [0.1, 0.15) is 48.5 Å². The lowest BCUT2D eigenvalue weighted by Gasteiger charge is -2.42. The molecule has 0 saturated carbocycles. The molecule has 230 valence electrons. The van der Waals surface area contributed by atoms with Crippen molar-refractivity contribution in [2.45, 2.75) is 5.54 Å². The molecule has 1 N–H and O–H groups in total. The Morgan fingerprint density at radius 1 is 0.622 bits per heavy atom. The first-order valence-electron chi connectivity index (χ1n) is 13.8. The molecule has 0 saturated heterocycles. The number of ketones is 1. The molecule has 0 radical (unpaired) electrons. The lowest BCUT2D eigenvalue weighted by molar-refractivity contribution is 0.0675. The zero-order valence-corrected chi connectivity index (χ0v) is 25.5. The minimum Gasteiger partial charge on any atom is -0.507 e. The molecule has 45 heavy (non-hydrogen) atoms. The highest BCUT2D eigenvalue weighted by molar-refractivity contribution is 6.16. The first-order valence-corrected chi connectivity index (χ1v) is 13.8. The summed E-state index contributed by atoms with van der Waals surface area (Å²) in [7, 11) is 8.90. The van der Waals surface area contributed by atoms with Crippen molar-refractivity contribution in [3.63, 3.8) is 0 Å². The Morgan fingerprint density at radius 2 is 1.02 bits per heavy atom. The van der Waals surface area contributed by atoms with Gasteiger partial charge in [0.25, 0.3) is 5.91 Å². The first-order chi connectivity index (χ1) is 21.8. The third-order valence-corrected chi connectivity index (χ3v) is 8.22. The van der Waals surface area contributed by atoms with E-state index in [2.05, 4.69) is 0 Å². The standard InChI is InChI=1S/C34H30N2O9/c1-40-26-11-19-22(14-29(26)43-4)34(23-15-30(44-5)27(41-2)12-20(23)32(19)38)24-16-31(45-6)28(42-3)13-21(24)33(39)36(34)35-17-18-9-7-8-10-25(18)37/h7-17,37H,1-6H3/b35-17+. The van der Waals surface area contributed by atoms with E-state index in [1.165, 1.54) is 59.9 Å². The van der Waals surface area contributed by atoms with Gasteiger partial charge < -0.3 is 33.5 Å². The minimum atomic E-state index is -1.56. The van der Waals surface area contributed by atoms with Gasteiger partial charge in [-0.2, -0.15) is 5.10 Å². The minimum absolute atomic E-state index is 0.0276. The Bertz CT molecular complexity index is 1830. The number of aromatic hydroxyl groups is 1. The average molecular weight is 611 g/mol. The number of ether oxygens (including phenoxy) is 6. The van der Waals surface area contributed by atoms with Crippen molar-refractivity contribution in [1.82, 2.24) is 5.01 Å². The molecule has 2 aliphatic rings. The highest BCUT2D eigenvalue weighted by atomic mass is 16.5. The van der Waals surface area contributed by atoms with Crippen molar-refractivity contribution in [2.24, 2.45) is 5.10 Å². The van der Waals surface area contributed by atoms with Gasteiger partial charge in [0.05, 0.1) is 54.4 Å². The Morgan fingerprint density at radius 3 is 1.47 bits per heavy atom. The van der Waals surface area contributed by atoms with E-state index in [9.17, 15) is 14.7 Å². The maximum Gasteiger partial charge on any atom is 0.276 e. The molecule has 0 unspecified atom stereocenters. The monoisotopic (exact) mass is 610 g/mol. The molecule has 1 aliphatic carbocycles. The number of nitrogens with zero attached hydrogens (tertiary/aromatic N) is 2. The number of phenolic OH excluding ortho intramolecular Hbond substituents is 1. The summed E-state index contributed by atoms with van der Waals surface area (Å²) < 4.78 is 33.8. The Hall–Kier alpha value is -5.71. The molecule has 1 aliphatic heterocycles. The number of methoxy groups -OCH3 is 6. The van der Waals surface area contributed by atoms with Crippen LogP contribution in [-0.2, 0) is 5.54 Å². The fraction of sp³-hybridized carbons (Fsp3) is 0.206. The molecule has 0 aromatic heterocycles. The third-order valence-electron chi connectivity index (χ3n) is 8.22. The van der Waals surface area contributed by atoms with Crippen LogP contribution in [0, 0.1) is 0 Å². The number of phenols is 1. The summed E-state index contributed by atoms with van der Waals surface area (Å²) >= 11 is 0. The summed E-state index contributed by atoms with van der Waals surface area (Å²) in [6.45, 7) is 0. The van der Waals surface area contributed by atoms with Gasteiger partial charge in [-0.05, 0) is 48.5 Å². The maximum atomic E-state index is 14.6.